The second kappa shape index (κ2) is 9.89. The van der Waals surface area contributed by atoms with E-state index in [-0.39, 0.29) is 12.4 Å². The molecule has 0 aliphatic rings. The highest BCUT2D eigenvalue weighted by molar-refractivity contribution is 5.92. The SMILES string of the molecule is NC(=O)c1ccc[n+](COCCOCc2ccccc2)c1.[Cl-]. The minimum absolute atomic E-state index is 0. The topological polar surface area (TPSA) is 65.4 Å². The molecule has 5 nitrogen and oxygen atoms in total. The number of carbonyl (C=O) groups is 1. The summed E-state index contributed by atoms with van der Waals surface area (Å²) in [7, 11) is 0. The number of pyridine rings is 1. The van der Waals surface area contributed by atoms with Crippen molar-refractivity contribution in [1.29, 1.82) is 0 Å². The summed E-state index contributed by atoms with van der Waals surface area (Å²) in [5.74, 6) is -0.449. The lowest BCUT2D eigenvalue weighted by Crippen LogP contribution is -3.00. The fourth-order valence-corrected chi connectivity index (χ4v) is 1.80. The quantitative estimate of drug-likeness (QED) is 0.464. The standard InChI is InChI=1S/C16H18N2O3.ClH/c17-16(19)15-7-4-8-18(11-15)13-21-10-9-20-12-14-5-2-1-3-6-14;/h1-8,11H,9-10,12-13H2,(H-,17,19);1H. The van der Waals surface area contributed by atoms with Gasteiger partial charge in [0.2, 0.25) is 0 Å². The molecule has 1 amide bonds. The Balaban J connectivity index is 0.00000242. The van der Waals surface area contributed by atoms with E-state index in [0.717, 1.165) is 5.56 Å². The first-order valence-corrected chi connectivity index (χ1v) is 6.74. The highest BCUT2D eigenvalue weighted by atomic mass is 35.5. The molecule has 2 rings (SSSR count). The average molecular weight is 323 g/mol. The number of halogens is 1. The number of ether oxygens (including phenoxy) is 2. The van der Waals surface area contributed by atoms with Crippen LogP contribution in [0.1, 0.15) is 15.9 Å². The molecule has 1 aromatic heterocycles. The summed E-state index contributed by atoms with van der Waals surface area (Å²) in [6, 6.07) is 13.4. The van der Waals surface area contributed by atoms with Crippen molar-refractivity contribution in [3.8, 4) is 0 Å². The molecule has 0 saturated heterocycles. The van der Waals surface area contributed by atoms with Gasteiger partial charge < -0.3 is 27.6 Å². The lowest BCUT2D eigenvalue weighted by Gasteiger charge is -2.04. The molecule has 0 unspecified atom stereocenters. The van der Waals surface area contributed by atoms with Crippen LogP contribution in [0, 0.1) is 0 Å². The number of carbonyl (C=O) groups excluding carboxylic acids is 1. The van der Waals surface area contributed by atoms with Gasteiger partial charge >= 0.3 is 0 Å². The molecular formula is C16H19ClN2O3. The molecule has 118 valence electrons. The van der Waals surface area contributed by atoms with Crippen LogP contribution < -0.4 is 22.7 Å². The van der Waals surface area contributed by atoms with Crippen LogP contribution >= 0.6 is 0 Å². The average Bonchev–Trinajstić information content (AvgIpc) is 2.52. The summed E-state index contributed by atoms with van der Waals surface area (Å²) in [4.78, 5) is 11.1. The zero-order valence-corrected chi connectivity index (χ0v) is 12.9. The van der Waals surface area contributed by atoms with Gasteiger partial charge in [-0.15, -0.1) is 0 Å². The molecule has 6 heteroatoms. The summed E-state index contributed by atoms with van der Waals surface area (Å²) in [6.45, 7) is 1.94. The number of rotatable bonds is 8. The van der Waals surface area contributed by atoms with Crippen molar-refractivity contribution in [2.24, 2.45) is 5.73 Å². The molecule has 1 heterocycles. The number of nitrogens with zero attached hydrogens (tertiary/aromatic N) is 1. The van der Waals surface area contributed by atoms with Gasteiger partial charge in [0.05, 0.1) is 19.8 Å². The van der Waals surface area contributed by atoms with Crippen molar-refractivity contribution in [3.63, 3.8) is 0 Å². The Bertz CT molecular complexity index is 579. The van der Waals surface area contributed by atoms with E-state index < -0.39 is 5.91 Å². The number of aromatic nitrogens is 1. The molecule has 0 saturated carbocycles. The van der Waals surface area contributed by atoms with Crippen LogP contribution in [-0.4, -0.2) is 19.1 Å². The van der Waals surface area contributed by atoms with Crippen LogP contribution in [0.5, 0.6) is 0 Å². The minimum Gasteiger partial charge on any atom is -1.00 e. The Morgan fingerprint density at radius 2 is 1.77 bits per heavy atom. The van der Waals surface area contributed by atoms with Gasteiger partial charge in [-0.3, -0.25) is 4.79 Å². The monoisotopic (exact) mass is 322 g/mol. The van der Waals surface area contributed by atoms with Gasteiger partial charge in [-0.1, -0.05) is 30.3 Å². The fraction of sp³-hybridized carbons (Fsp3) is 0.250. The molecule has 0 aliphatic carbocycles. The number of amides is 1. The van der Waals surface area contributed by atoms with E-state index in [1.54, 1.807) is 22.9 Å². The predicted octanol–water partition coefficient (Wildman–Crippen LogP) is -1.73. The van der Waals surface area contributed by atoms with Crippen molar-refractivity contribution in [3.05, 3.63) is 66.0 Å². The molecule has 2 aromatic rings. The molecule has 2 N–H and O–H groups in total. The number of primary amides is 1. The fourth-order valence-electron chi connectivity index (χ4n) is 1.80. The third kappa shape index (κ3) is 6.22. The van der Waals surface area contributed by atoms with E-state index in [1.807, 2.05) is 36.5 Å². The van der Waals surface area contributed by atoms with Crippen LogP contribution in [0.3, 0.4) is 0 Å². The molecule has 0 aliphatic heterocycles. The molecule has 0 bridgehead atoms. The van der Waals surface area contributed by atoms with Gasteiger partial charge in [-0.05, 0) is 11.6 Å². The Kier molecular flexibility index (Phi) is 8.14. The zero-order valence-electron chi connectivity index (χ0n) is 12.2. The molecule has 0 fully saturated rings. The van der Waals surface area contributed by atoms with Crippen molar-refractivity contribution < 1.29 is 31.2 Å². The number of nitrogens with two attached hydrogens (primary N) is 1. The van der Waals surface area contributed by atoms with Gasteiger partial charge in [0.15, 0.2) is 12.4 Å². The van der Waals surface area contributed by atoms with Crippen LogP contribution in [0.2, 0.25) is 0 Å². The maximum Gasteiger partial charge on any atom is 0.254 e. The lowest BCUT2D eigenvalue weighted by atomic mass is 10.2. The molecular weight excluding hydrogens is 304 g/mol. The van der Waals surface area contributed by atoms with Crippen LogP contribution in [-0.2, 0) is 22.8 Å². The highest BCUT2D eigenvalue weighted by Gasteiger charge is 2.06. The summed E-state index contributed by atoms with van der Waals surface area (Å²) in [5.41, 5.74) is 6.82. The lowest BCUT2D eigenvalue weighted by molar-refractivity contribution is -0.732. The van der Waals surface area contributed by atoms with Crippen molar-refractivity contribution >= 4 is 5.91 Å². The third-order valence-electron chi connectivity index (χ3n) is 2.87. The van der Waals surface area contributed by atoms with E-state index in [0.29, 0.717) is 32.1 Å². The van der Waals surface area contributed by atoms with E-state index in [4.69, 9.17) is 15.2 Å². The van der Waals surface area contributed by atoms with Crippen LogP contribution in [0.25, 0.3) is 0 Å². The number of hydrogen-bond donors (Lipinski definition) is 1. The Hall–Kier alpha value is -1.95. The normalized spacial score (nSPS) is 10.0. The van der Waals surface area contributed by atoms with Gasteiger partial charge in [0.25, 0.3) is 12.6 Å². The highest BCUT2D eigenvalue weighted by Crippen LogP contribution is 2.00. The number of hydrogen-bond acceptors (Lipinski definition) is 3. The first-order chi connectivity index (χ1) is 10.3. The van der Waals surface area contributed by atoms with Crippen molar-refractivity contribution in [2.75, 3.05) is 13.2 Å². The third-order valence-corrected chi connectivity index (χ3v) is 2.87. The largest absolute Gasteiger partial charge is 1.00 e. The van der Waals surface area contributed by atoms with Crippen LogP contribution in [0.15, 0.2) is 54.9 Å². The minimum atomic E-state index is -0.449. The maximum absolute atomic E-state index is 11.1. The maximum atomic E-state index is 11.1. The summed E-state index contributed by atoms with van der Waals surface area (Å²) >= 11 is 0. The second-order valence-corrected chi connectivity index (χ2v) is 4.55. The predicted molar refractivity (Wildman–Crippen MR) is 77.2 cm³/mol. The van der Waals surface area contributed by atoms with E-state index in [1.165, 1.54) is 0 Å². The summed E-state index contributed by atoms with van der Waals surface area (Å²) in [5, 5.41) is 0. The zero-order chi connectivity index (χ0) is 14.9. The van der Waals surface area contributed by atoms with Gasteiger partial charge in [-0.25, -0.2) is 0 Å². The molecule has 0 radical (unpaired) electrons. The van der Waals surface area contributed by atoms with Crippen LogP contribution in [0.4, 0.5) is 0 Å². The molecule has 1 aromatic carbocycles. The van der Waals surface area contributed by atoms with E-state index in [9.17, 15) is 4.79 Å². The Morgan fingerprint density at radius 3 is 2.50 bits per heavy atom. The van der Waals surface area contributed by atoms with Crippen molar-refractivity contribution in [2.45, 2.75) is 13.3 Å². The van der Waals surface area contributed by atoms with Gasteiger partial charge in [0, 0.05) is 6.07 Å². The van der Waals surface area contributed by atoms with E-state index in [2.05, 4.69) is 0 Å². The van der Waals surface area contributed by atoms with E-state index >= 15 is 0 Å². The summed E-state index contributed by atoms with van der Waals surface area (Å²) < 4.78 is 12.8. The first-order valence-electron chi connectivity index (χ1n) is 6.74. The Labute approximate surface area is 136 Å². The van der Waals surface area contributed by atoms with Crippen molar-refractivity contribution in [1.82, 2.24) is 0 Å². The summed E-state index contributed by atoms with van der Waals surface area (Å²) in [6.07, 6.45) is 3.48. The molecule has 22 heavy (non-hydrogen) atoms. The molecule has 0 atom stereocenters. The number of benzene rings is 1. The smallest absolute Gasteiger partial charge is 0.254 e. The molecule has 0 spiro atoms. The van der Waals surface area contributed by atoms with Gasteiger partial charge in [-0.2, -0.15) is 4.57 Å². The first kappa shape index (κ1) is 18.1. The Morgan fingerprint density at radius 1 is 1.05 bits per heavy atom. The second-order valence-electron chi connectivity index (χ2n) is 4.55. The van der Waals surface area contributed by atoms with Gasteiger partial charge in [0.1, 0.15) is 5.56 Å².